The summed E-state index contributed by atoms with van der Waals surface area (Å²) in [7, 11) is 0. The Morgan fingerprint density at radius 2 is 2.05 bits per heavy atom. The van der Waals surface area contributed by atoms with Gasteiger partial charge in [0.25, 0.3) is 0 Å². The lowest BCUT2D eigenvalue weighted by Crippen LogP contribution is -2.28. The fourth-order valence-corrected chi connectivity index (χ4v) is 2.88. The van der Waals surface area contributed by atoms with Crippen LogP contribution in [0.3, 0.4) is 0 Å². The smallest absolute Gasteiger partial charge is 0.231 e. The summed E-state index contributed by atoms with van der Waals surface area (Å²) in [5.41, 5.74) is 1.83. The largest absolute Gasteiger partial charge is 0.280 e. The highest BCUT2D eigenvalue weighted by molar-refractivity contribution is 6.65. The summed E-state index contributed by atoms with van der Waals surface area (Å²) in [5.74, 6) is 0.494. The molecule has 1 aromatic carbocycles. The zero-order valence-corrected chi connectivity index (χ0v) is 12.9. The molecular formula is C18H21ClO. The summed E-state index contributed by atoms with van der Waals surface area (Å²) in [6.45, 7) is 4.32. The summed E-state index contributed by atoms with van der Waals surface area (Å²) in [5, 5.41) is -0.239. The third kappa shape index (κ3) is 3.21. The normalized spacial score (nSPS) is 23.2. The Morgan fingerprint density at radius 3 is 2.55 bits per heavy atom. The lowest BCUT2D eigenvalue weighted by molar-refractivity contribution is -0.119. The maximum Gasteiger partial charge on any atom is 0.231 e. The molecule has 2 rings (SSSR count). The van der Waals surface area contributed by atoms with Crippen molar-refractivity contribution in [3.05, 3.63) is 54.1 Å². The zero-order chi connectivity index (χ0) is 14.6. The molecule has 0 fully saturated rings. The van der Waals surface area contributed by atoms with E-state index < -0.39 is 5.41 Å². The van der Waals surface area contributed by atoms with Gasteiger partial charge in [0.05, 0.1) is 5.41 Å². The van der Waals surface area contributed by atoms with Crippen molar-refractivity contribution in [2.24, 2.45) is 11.3 Å². The van der Waals surface area contributed by atoms with E-state index in [0.29, 0.717) is 12.3 Å². The summed E-state index contributed by atoms with van der Waals surface area (Å²) < 4.78 is 0. The third-order valence-corrected chi connectivity index (χ3v) is 4.55. The number of carbonyl (C=O) groups excluding carboxylic acids is 1. The second kappa shape index (κ2) is 6.41. The van der Waals surface area contributed by atoms with Gasteiger partial charge in [-0.3, -0.25) is 4.79 Å². The van der Waals surface area contributed by atoms with Gasteiger partial charge in [-0.1, -0.05) is 68.8 Å². The van der Waals surface area contributed by atoms with Crippen LogP contribution in [0.15, 0.2) is 48.6 Å². The van der Waals surface area contributed by atoms with Gasteiger partial charge in [-0.25, -0.2) is 0 Å². The van der Waals surface area contributed by atoms with Gasteiger partial charge in [0, 0.05) is 0 Å². The second-order valence-electron chi connectivity index (χ2n) is 5.71. The van der Waals surface area contributed by atoms with Crippen LogP contribution in [-0.4, -0.2) is 5.24 Å². The Kier molecular flexibility index (Phi) is 4.82. The first kappa shape index (κ1) is 15.1. The Morgan fingerprint density at radius 1 is 1.35 bits per heavy atom. The molecule has 0 bridgehead atoms. The maximum absolute atomic E-state index is 11.9. The number of rotatable bonds is 5. The van der Waals surface area contributed by atoms with E-state index in [1.165, 1.54) is 11.1 Å². The highest BCUT2D eigenvalue weighted by atomic mass is 35.5. The SMILES string of the molecule is CC[C@H](C)CC1(C(=O)Cl)C=CC(c2ccccc2)=CC1. The van der Waals surface area contributed by atoms with Crippen LogP contribution >= 0.6 is 11.6 Å². The molecular weight excluding hydrogens is 268 g/mol. The van der Waals surface area contributed by atoms with E-state index in [1.54, 1.807) is 0 Å². The van der Waals surface area contributed by atoms with Crippen molar-refractivity contribution in [1.29, 1.82) is 0 Å². The first-order chi connectivity index (χ1) is 9.57. The zero-order valence-electron chi connectivity index (χ0n) is 12.1. The van der Waals surface area contributed by atoms with Crippen LogP contribution in [-0.2, 0) is 4.79 Å². The highest BCUT2D eigenvalue weighted by Crippen LogP contribution is 2.40. The molecule has 1 aliphatic carbocycles. The van der Waals surface area contributed by atoms with E-state index >= 15 is 0 Å². The molecule has 1 aromatic rings. The highest BCUT2D eigenvalue weighted by Gasteiger charge is 2.36. The van der Waals surface area contributed by atoms with Crippen LogP contribution in [0.5, 0.6) is 0 Å². The lowest BCUT2D eigenvalue weighted by atomic mass is 9.74. The first-order valence-corrected chi connectivity index (χ1v) is 7.60. The van der Waals surface area contributed by atoms with Gasteiger partial charge >= 0.3 is 0 Å². The number of hydrogen-bond donors (Lipinski definition) is 0. The Balaban J connectivity index is 2.20. The predicted octanol–water partition coefficient (Wildman–Crippen LogP) is 5.22. The summed E-state index contributed by atoms with van der Waals surface area (Å²) >= 11 is 5.89. The number of carbonyl (C=O) groups is 1. The molecule has 1 unspecified atom stereocenters. The van der Waals surface area contributed by atoms with E-state index in [2.05, 4.69) is 32.1 Å². The summed E-state index contributed by atoms with van der Waals surface area (Å²) in [4.78, 5) is 11.9. The average molecular weight is 289 g/mol. The molecule has 0 aliphatic heterocycles. The molecule has 0 saturated heterocycles. The molecule has 0 amide bonds. The van der Waals surface area contributed by atoms with Crippen molar-refractivity contribution in [1.82, 2.24) is 0 Å². The van der Waals surface area contributed by atoms with Crippen molar-refractivity contribution in [2.45, 2.75) is 33.1 Å². The van der Waals surface area contributed by atoms with Gasteiger partial charge < -0.3 is 0 Å². The van der Waals surface area contributed by atoms with Gasteiger partial charge in [0.2, 0.25) is 5.24 Å². The number of halogens is 1. The van der Waals surface area contributed by atoms with E-state index in [4.69, 9.17) is 11.6 Å². The standard InChI is InChI=1S/C18H21ClO/c1-3-14(2)13-18(17(19)20)11-9-16(10-12-18)15-7-5-4-6-8-15/h4-11,14H,3,12-13H2,1-2H3/t14-,18?/m0/s1. The number of hydrogen-bond acceptors (Lipinski definition) is 1. The van der Waals surface area contributed by atoms with Gasteiger partial charge in [0.15, 0.2) is 0 Å². The number of allylic oxidation sites excluding steroid dienone is 4. The van der Waals surface area contributed by atoms with Crippen LogP contribution in [0.1, 0.15) is 38.7 Å². The molecule has 0 heterocycles. The minimum atomic E-state index is -0.519. The molecule has 0 aromatic heterocycles. The third-order valence-electron chi connectivity index (χ3n) is 4.18. The molecule has 106 valence electrons. The Bertz CT molecular complexity index is 530. The van der Waals surface area contributed by atoms with Gasteiger partial charge in [-0.2, -0.15) is 0 Å². The topological polar surface area (TPSA) is 17.1 Å². The van der Waals surface area contributed by atoms with Gasteiger partial charge in [-0.15, -0.1) is 0 Å². The van der Waals surface area contributed by atoms with Crippen LogP contribution in [0.25, 0.3) is 5.57 Å². The summed E-state index contributed by atoms with van der Waals surface area (Å²) in [6, 6.07) is 10.2. The maximum atomic E-state index is 11.9. The molecule has 2 atom stereocenters. The van der Waals surface area contributed by atoms with Crippen molar-refractivity contribution in [2.75, 3.05) is 0 Å². The van der Waals surface area contributed by atoms with Crippen molar-refractivity contribution in [3.63, 3.8) is 0 Å². The van der Waals surface area contributed by atoms with Gasteiger partial charge in [-0.05, 0) is 41.5 Å². The van der Waals surface area contributed by atoms with E-state index in [9.17, 15) is 4.79 Å². The molecule has 1 aliphatic rings. The molecule has 0 saturated carbocycles. The van der Waals surface area contributed by atoms with Crippen LogP contribution < -0.4 is 0 Å². The fraction of sp³-hybridized carbons (Fsp3) is 0.389. The van der Waals surface area contributed by atoms with Crippen LogP contribution in [0, 0.1) is 11.3 Å². The molecule has 0 N–H and O–H groups in total. The van der Waals surface area contributed by atoms with Crippen LogP contribution in [0.4, 0.5) is 0 Å². The van der Waals surface area contributed by atoms with Gasteiger partial charge in [0.1, 0.15) is 0 Å². The molecule has 0 spiro atoms. The Labute approximate surface area is 126 Å². The van der Waals surface area contributed by atoms with E-state index in [-0.39, 0.29) is 5.24 Å². The van der Waals surface area contributed by atoms with Crippen molar-refractivity contribution >= 4 is 22.4 Å². The van der Waals surface area contributed by atoms with E-state index in [1.807, 2.05) is 30.4 Å². The molecule has 0 radical (unpaired) electrons. The van der Waals surface area contributed by atoms with Crippen LogP contribution in [0.2, 0.25) is 0 Å². The minimum absolute atomic E-state index is 0.239. The quantitative estimate of drug-likeness (QED) is 0.679. The molecule has 1 nitrogen and oxygen atoms in total. The summed E-state index contributed by atoms with van der Waals surface area (Å²) in [6.07, 6.45) is 8.77. The Hall–Kier alpha value is -1.34. The number of benzene rings is 1. The first-order valence-electron chi connectivity index (χ1n) is 7.22. The molecule has 2 heteroatoms. The van der Waals surface area contributed by atoms with Crippen molar-refractivity contribution < 1.29 is 4.79 Å². The lowest BCUT2D eigenvalue weighted by Gasteiger charge is -2.31. The fourth-order valence-electron chi connectivity index (χ4n) is 2.67. The minimum Gasteiger partial charge on any atom is -0.280 e. The predicted molar refractivity (Wildman–Crippen MR) is 85.5 cm³/mol. The average Bonchev–Trinajstić information content (AvgIpc) is 2.48. The monoisotopic (exact) mass is 288 g/mol. The van der Waals surface area contributed by atoms with Crippen molar-refractivity contribution in [3.8, 4) is 0 Å². The molecule has 20 heavy (non-hydrogen) atoms. The second-order valence-corrected chi connectivity index (χ2v) is 6.05. The van der Waals surface area contributed by atoms with E-state index in [0.717, 1.165) is 12.8 Å².